The van der Waals surface area contributed by atoms with Gasteiger partial charge in [-0.2, -0.15) is 0 Å². The molecule has 3 heterocycles. The molecule has 0 aliphatic carbocycles. The van der Waals surface area contributed by atoms with Crippen LogP contribution in [0.15, 0.2) is 66.6 Å². The molecule has 0 aliphatic heterocycles. The van der Waals surface area contributed by atoms with Crippen LogP contribution in [0.1, 0.15) is 15.2 Å². The van der Waals surface area contributed by atoms with Gasteiger partial charge >= 0.3 is 0 Å². The Morgan fingerprint density at radius 2 is 2.00 bits per heavy atom. The lowest BCUT2D eigenvalue weighted by atomic mass is 10.3. The minimum absolute atomic E-state index is 0.122. The molecule has 27 heavy (non-hydrogen) atoms. The van der Waals surface area contributed by atoms with Gasteiger partial charge in [0.15, 0.2) is 5.82 Å². The highest BCUT2D eigenvalue weighted by Gasteiger charge is 2.08. The maximum Gasteiger partial charge on any atom is 0.265 e. The highest BCUT2D eigenvalue weighted by atomic mass is 32.1. The standard InChI is InChI=1S/C19H15N5O2S/c1-13-10-16(27-11-13)19(25)21-14-2-4-15(5-3-14)26-18-7-6-17(22-23-18)24-9-8-20-12-24/h2-12H,1H3,(H,21,25). The molecule has 1 aromatic carbocycles. The molecule has 0 atom stereocenters. The maximum atomic E-state index is 12.2. The quantitative estimate of drug-likeness (QED) is 0.567. The lowest BCUT2D eigenvalue weighted by Gasteiger charge is -2.07. The van der Waals surface area contributed by atoms with Gasteiger partial charge in [0.1, 0.15) is 12.1 Å². The number of aromatic nitrogens is 4. The fraction of sp³-hybridized carbons (Fsp3) is 0.0526. The molecule has 134 valence electrons. The summed E-state index contributed by atoms with van der Waals surface area (Å²) in [6.07, 6.45) is 5.11. The molecule has 4 rings (SSSR count). The lowest BCUT2D eigenvalue weighted by Crippen LogP contribution is -2.09. The Hall–Kier alpha value is -3.52. The van der Waals surface area contributed by atoms with E-state index in [0.717, 1.165) is 5.56 Å². The minimum Gasteiger partial charge on any atom is -0.438 e. The molecular weight excluding hydrogens is 362 g/mol. The van der Waals surface area contributed by atoms with E-state index in [1.807, 2.05) is 18.4 Å². The zero-order chi connectivity index (χ0) is 18.6. The van der Waals surface area contributed by atoms with Gasteiger partial charge in [-0.3, -0.25) is 9.36 Å². The third-order valence-electron chi connectivity index (χ3n) is 3.68. The summed E-state index contributed by atoms with van der Waals surface area (Å²) in [5.74, 6) is 1.51. The highest BCUT2D eigenvalue weighted by molar-refractivity contribution is 7.12. The Morgan fingerprint density at radius 3 is 2.63 bits per heavy atom. The number of rotatable bonds is 5. The van der Waals surface area contributed by atoms with Crippen molar-refractivity contribution in [2.75, 3.05) is 5.32 Å². The predicted molar refractivity (Wildman–Crippen MR) is 103 cm³/mol. The highest BCUT2D eigenvalue weighted by Crippen LogP contribution is 2.22. The molecule has 1 N–H and O–H groups in total. The van der Waals surface area contributed by atoms with Gasteiger partial charge in [-0.25, -0.2) is 4.98 Å². The van der Waals surface area contributed by atoms with Crippen molar-refractivity contribution in [1.29, 1.82) is 0 Å². The molecule has 0 bridgehead atoms. The summed E-state index contributed by atoms with van der Waals surface area (Å²) < 4.78 is 7.44. The molecule has 8 heteroatoms. The Kier molecular flexibility index (Phi) is 4.63. The third kappa shape index (κ3) is 4.01. The molecule has 0 saturated heterocycles. The Morgan fingerprint density at radius 1 is 1.15 bits per heavy atom. The number of anilines is 1. The van der Waals surface area contributed by atoms with Crippen LogP contribution in [-0.2, 0) is 0 Å². The summed E-state index contributed by atoms with van der Waals surface area (Å²) in [4.78, 5) is 16.8. The molecule has 0 saturated carbocycles. The fourth-order valence-electron chi connectivity index (χ4n) is 2.37. The Labute approximate surface area is 159 Å². The van der Waals surface area contributed by atoms with Crippen molar-refractivity contribution in [3.05, 3.63) is 77.0 Å². The zero-order valence-electron chi connectivity index (χ0n) is 14.4. The molecule has 3 aromatic heterocycles. The molecule has 0 fully saturated rings. The normalized spacial score (nSPS) is 10.6. The first kappa shape index (κ1) is 16.9. The van der Waals surface area contributed by atoms with Gasteiger partial charge in [0.2, 0.25) is 5.88 Å². The van der Waals surface area contributed by atoms with E-state index in [4.69, 9.17) is 4.74 Å². The third-order valence-corrected chi connectivity index (χ3v) is 4.73. The van der Waals surface area contributed by atoms with E-state index in [1.165, 1.54) is 11.3 Å². The van der Waals surface area contributed by atoms with Crippen molar-refractivity contribution in [3.63, 3.8) is 0 Å². The number of aryl methyl sites for hydroxylation is 1. The number of hydrogen-bond acceptors (Lipinski definition) is 6. The van der Waals surface area contributed by atoms with Crippen molar-refractivity contribution >= 4 is 22.9 Å². The monoisotopic (exact) mass is 377 g/mol. The summed E-state index contributed by atoms with van der Waals surface area (Å²) in [6.45, 7) is 1.96. The first-order valence-electron chi connectivity index (χ1n) is 8.14. The van der Waals surface area contributed by atoms with Crippen molar-refractivity contribution in [2.24, 2.45) is 0 Å². The van der Waals surface area contributed by atoms with Gasteiger partial charge in [0, 0.05) is 24.1 Å². The van der Waals surface area contributed by atoms with E-state index in [0.29, 0.717) is 28.0 Å². The average molecular weight is 377 g/mol. The first-order valence-corrected chi connectivity index (χ1v) is 9.02. The van der Waals surface area contributed by atoms with Crippen LogP contribution in [0.3, 0.4) is 0 Å². The number of ether oxygens (including phenoxy) is 1. The SMILES string of the molecule is Cc1csc(C(=O)Nc2ccc(Oc3ccc(-n4ccnc4)nn3)cc2)c1. The Bertz CT molecular complexity index is 1040. The van der Waals surface area contributed by atoms with Crippen molar-refractivity contribution in [3.8, 4) is 17.4 Å². The molecule has 0 unspecified atom stereocenters. The fourth-order valence-corrected chi connectivity index (χ4v) is 3.16. The summed E-state index contributed by atoms with van der Waals surface area (Å²) in [6, 6.07) is 12.5. The predicted octanol–water partition coefficient (Wildman–Crippen LogP) is 4.08. The molecule has 0 aliphatic rings. The van der Waals surface area contributed by atoms with Gasteiger partial charge in [-0.1, -0.05) is 0 Å². The molecule has 4 aromatic rings. The van der Waals surface area contributed by atoms with Crippen LogP contribution < -0.4 is 10.1 Å². The summed E-state index contributed by atoms with van der Waals surface area (Å²) in [5, 5.41) is 13.0. The van der Waals surface area contributed by atoms with Crippen LogP contribution in [-0.4, -0.2) is 25.7 Å². The second kappa shape index (κ2) is 7.38. The van der Waals surface area contributed by atoms with Crippen molar-refractivity contribution in [1.82, 2.24) is 19.7 Å². The second-order valence-corrected chi connectivity index (χ2v) is 6.68. The van der Waals surface area contributed by atoms with Gasteiger partial charge in [0.25, 0.3) is 5.91 Å². The maximum absolute atomic E-state index is 12.2. The summed E-state index contributed by atoms with van der Waals surface area (Å²) in [7, 11) is 0. The molecule has 0 radical (unpaired) electrons. The van der Waals surface area contributed by atoms with E-state index >= 15 is 0 Å². The van der Waals surface area contributed by atoms with Crippen molar-refractivity contribution in [2.45, 2.75) is 6.92 Å². The average Bonchev–Trinajstić information content (AvgIpc) is 3.36. The van der Waals surface area contributed by atoms with Crippen LogP contribution in [0.4, 0.5) is 5.69 Å². The number of carbonyl (C=O) groups is 1. The first-order chi connectivity index (χ1) is 13.2. The van der Waals surface area contributed by atoms with Crippen LogP contribution in [0.25, 0.3) is 5.82 Å². The van der Waals surface area contributed by atoms with E-state index < -0.39 is 0 Å². The number of thiophene rings is 1. The molecule has 1 amide bonds. The smallest absolute Gasteiger partial charge is 0.265 e. The van der Waals surface area contributed by atoms with E-state index in [2.05, 4.69) is 20.5 Å². The number of amides is 1. The van der Waals surface area contributed by atoms with Crippen LogP contribution in [0, 0.1) is 6.92 Å². The van der Waals surface area contributed by atoms with Gasteiger partial charge in [-0.05, 0) is 54.3 Å². The van der Waals surface area contributed by atoms with E-state index in [1.54, 1.807) is 59.7 Å². The molecule has 7 nitrogen and oxygen atoms in total. The number of imidazole rings is 1. The number of benzene rings is 1. The number of hydrogen-bond donors (Lipinski definition) is 1. The lowest BCUT2D eigenvalue weighted by molar-refractivity contribution is 0.103. The Balaban J connectivity index is 1.39. The van der Waals surface area contributed by atoms with E-state index in [9.17, 15) is 4.79 Å². The zero-order valence-corrected chi connectivity index (χ0v) is 15.2. The van der Waals surface area contributed by atoms with E-state index in [-0.39, 0.29) is 5.91 Å². The largest absolute Gasteiger partial charge is 0.438 e. The van der Waals surface area contributed by atoms with Gasteiger partial charge in [-0.15, -0.1) is 21.5 Å². The number of carbonyl (C=O) groups excluding carboxylic acids is 1. The molecule has 0 spiro atoms. The van der Waals surface area contributed by atoms with Crippen molar-refractivity contribution < 1.29 is 9.53 Å². The van der Waals surface area contributed by atoms with Gasteiger partial charge < -0.3 is 10.1 Å². The van der Waals surface area contributed by atoms with Gasteiger partial charge in [0.05, 0.1) is 4.88 Å². The number of nitrogens with zero attached hydrogens (tertiary/aromatic N) is 4. The second-order valence-electron chi connectivity index (χ2n) is 5.77. The number of nitrogens with one attached hydrogen (secondary N) is 1. The van der Waals surface area contributed by atoms with Crippen LogP contribution in [0.2, 0.25) is 0 Å². The summed E-state index contributed by atoms with van der Waals surface area (Å²) >= 11 is 1.42. The molecular formula is C19H15N5O2S. The summed E-state index contributed by atoms with van der Waals surface area (Å²) in [5.41, 5.74) is 1.77. The van der Waals surface area contributed by atoms with Crippen LogP contribution >= 0.6 is 11.3 Å². The topological polar surface area (TPSA) is 81.9 Å². The van der Waals surface area contributed by atoms with Crippen LogP contribution in [0.5, 0.6) is 11.6 Å². The minimum atomic E-state index is -0.122.